The van der Waals surface area contributed by atoms with Crippen molar-refractivity contribution in [3.63, 3.8) is 0 Å². The highest BCUT2D eigenvalue weighted by Gasteiger charge is 2.03. The van der Waals surface area contributed by atoms with Crippen LogP contribution < -0.4 is 11.1 Å². The van der Waals surface area contributed by atoms with E-state index in [2.05, 4.69) is 15.5 Å². The summed E-state index contributed by atoms with van der Waals surface area (Å²) in [6.45, 7) is 0.460. The third-order valence-electron chi connectivity index (χ3n) is 2.14. The molecule has 0 radical (unpaired) electrons. The minimum atomic E-state index is -0.427. The summed E-state index contributed by atoms with van der Waals surface area (Å²) in [6, 6.07) is 8.26. The summed E-state index contributed by atoms with van der Waals surface area (Å²) in [7, 11) is 0. The van der Waals surface area contributed by atoms with E-state index in [9.17, 15) is 4.39 Å². The van der Waals surface area contributed by atoms with Crippen LogP contribution in [0.3, 0.4) is 0 Å². The van der Waals surface area contributed by atoms with Crippen LogP contribution in [-0.2, 0) is 6.54 Å². The number of hydrogen-bond acceptors (Lipinski definition) is 4. The Bertz CT molecular complexity index is 473. The lowest BCUT2D eigenvalue weighted by molar-refractivity contribution is 0.633. The van der Waals surface area contributed by atoms with Gasteiger partial charge in [-0.2, -0.15) is 10.2 Å². The predicted octanol–water partition coefficient (Wildman–Crippen LogP) is 1.81. The first-order chi connectivity index (χ1) is 7.77. The van der Waals surface area contributed by atoms with Gasteiger partial charge in [-0.15, -0.1) is 0 Å². The molecule has 1 heterocycles. The Balaban J connectivity index is 2.08. The van der Waals surface area contributed by atoms with Gasteiger partial charge in [0, 0.05) is 6.20 Å². The van der Waals surface area contributed by atoms with Crippen LogP contribution in [0, 0.1) is 5.82 Å². The highest BCUT2D eigenvalue weighted by molar-refractivity contribution is 5.66. The molecule has 82 valence electrons. The summed E-state index contributed by atoms with van der Waals surface area (Å²) in [6.07, 6.45) is 1.60. The van der Waals surface area contributed by atoms with E-state index in [0.29, 0.717) is 12.2 Å². The molecule has 5 heteroatoms. The molecule has 0 aliphatic carbocycles. The highest BCUT2D eigenvalue weighted by Crippen LogP contribution is 2.21. The quantitative estimate of drug-likeness (QED) is 0.771. The van der Waals surface area contributed by atoms with Gasteiger partial charge < -0.3 is 11.1 Å². The Morgan fingerprint density at radius 3 is 2.88 bits per heavy atom. The van der Waals surface area contributed by atoms with E-state index in [1.165, 1.54) is 6.07 Å². The maximum atomic E-state index is 13.1. The molecular weight excluding hydrogens is 207 g/mol. The van der Waals surface area contributed by atoms with Crippen molar-refractivity contribution < 1.29 is 4.39 Å². The van der Waals surface area contributed by atoms with E-state index in [0.717, 1.165) is 5.69 Å². The number of anilines is 2. The molecule has 0 unspecified atom stereocenters. The van der Waals surface area contributed by atoms with Gasteiger partial charge in [-0.25, -0.2) is 4.39 Å². The molecule has 2 rings (SSSR count). The summed E-state index contributed by atoms with van der Waals surface area (Å²) in [5.74, 6) is -0.427. The van der Waals surface area contributed by atoms with Gasteiger partial charge >= 0.3 is 0 Å². The number of hydrogen-bond donors (Lipinski definition) is 2. The first-order valence-electron chi connectivity index (χ1n) is 4.82. The molecule has 0 aliphatic heterocycles. The molecule has 0 amide bonds. The van der Waals surface area contributed by atoms with Gasteiger partial charge in [0.25, 0.3) is 0 Å². The Kier molecular flexibility index (Phi) is 2.95. The van der Waals surface area contributed by atoms with Crippen molar-refractivity contribution in [2.45, 2.75) is 6.54 Å². The van der Waals surface area contributed by atoms with E-state index in [1.54, 1.807) is 24.4 Å². The van der Waals surface area contributed by atoms with Crippen LogP contribution in [0.1, 0.15) is 5.69 Å². The maximum absolute atomic E-state index is 13.1. The molecule has 1 aromatic carbocycles. The highest BCUT2D eigenvalue weighted by atomic mass is 19.1. The van der Waals surface area contributed by atoms with Crippen molar-refractivity contribution in [1.29, 1.82) is 0 Å². The monoisotopic (exact) mass is 218 g/mol. The van der Waals surface area contributed by atoms with Crippen LogP contribution in [0.25, 0.3) is 0 Å². The summed E-state index contributed by atoms with van der Waals surface area (Å²) in [5.41, 5.74) is 7.02. The molecule has 16 heavy (non-hydrogen) atoms. The largest absolute Gasteiger partial charge is 0.395 e. The lowest BCUT2D eigenvalue weighted by atomic mass is 10.2. The Morgan fingerprint density at radius 1 is 1.25 bits per heavy atom. The molecule has 4 nitrogen and oxygen atoms in total. The second kappa shape index (κ2) is 4.57. The van der Waals surface area contributed by atoms with Crippen LogP contribution in [0.4, 0.5) is 15.8 Å². The molecule has 3 N–H and O–H groups in total. The van der Waals surface area contributed by atoms with Crippen LogP contribution in [0.5, 0.6) is 0 Å². The third kappa shape index (κ3) is 2.25. The number of halogens is 1. The molecule has 1 aromatic heterocycles. The Morgan fingerprint density at radius 2 is 2.12 bits per heavy atom. The van der Waals surface area contributed by atoms with Crippen molar-refractivity contribution >= 4 is 11.4 Å². The Hall–Kier alpha value is -2.17. The normalized spacial score (nSPS) is 10.1. The first kappa shape index (κ1) is 10.4. The summed E-state index contributed by atoms with van der Waals surface area (Å²) < 4.78 is 13.1. The lowest BCUT2D eigenvalue weighted by Crippen LogP contribution is -2.05. The molecular formula is C11H11FN4. The molecule has 0 aliphatic rings. The van der Waals surface area contributed by atoms with Gasteiger partial charge in [0.05, 0.1) is 23.6 Å². The van der Waals surface area contributed by atoms with Crippen molar-refractivity contribution in [1.82, 2.24) is 10.2 Å². The molecule has 0 fully saturated rings. The second-order valence-electron chi connectivity index (χ2n) is 3.27. The fourth-order valence-corrected chi connectivity index (χ4v) is 1.30. The van der Waals surface area contributed by atoms with Gasteiger partial charge in [0.15, 0.2) is 0 Å². The average molecular weight is 218 g/mol. The van der Waals surface area contributed by atoms with Crippen LogP contribution >= 0.6 is 0 Å². The van der Waals surface area contributed by atoms with Crippen LogP contribution in [-0.4, -0.2) is 10.2 Å². The molecule has 0 spiro atoms. The number of nitrogens with one attached hydrogen (secondary N) is 1. The summed E-state index contributed by atoms with van der Waals surface area (Å²) in [4.78, 5) is 0. The minimum absolute atomic E-state index is 0.117. The molecule has 0 saturated carbocycles. The smallest absolute Gasteiger partial charge is 0.148 e. The number of benzene rings is 1. The third-order valence-corrected chi connectivity index (χ3v) is 2.14. The number of nitrogens with zero attached hydrogens (tertiary/aromatic N) is 2. The van der Waals surface area contributed by atoms with E-state index < -0.39 is 5.82 Å². The molecule has 2 aromatic rings. The van der Waals surface area contributed by atoms with E-state index >= 15 is 0 Å². The zero-order chi connectivity index (χ0) is 11.4. The van der Waals surface area contributed by atoms with Crippen LogP contribution in [0.15, 0.2) is 36.5 Å². The van der Waals surface area contributed by atoms with Crippen molar-refractivity contribution in [3.05, 3.63) is 48.0 Å². The van der Waals surface area contributed by atoms with Crippen LogP contribution in [0.2, 0.25) is 0 Å². The van der Waals surface area contributed by atoms with E-state index in [4.69, 9.17) is 5.73 Å². The second-order valence-corrected chi connectivity index (χ2v) is 3.27. The zero-order valence-corrected chi connectivity index (χ0v) is 8.52. The molecule has 0 atom stereocenters. The van der Waals surface area contributed by atoms with Gasteiger partial charge in [-0.1, -0.05) is 6.07 Å². The van der Waals surface area contributed by atoms with Gasteiger partial charge in [0.1, 0.15) is 5.82 Å². The van der Waals surface area contributed by atoms with Crippen molar-refractivity contribution in [2.75, 3.05) is 11.1 Å². The molecule has 0 saturated heterocycles. The lowest BCUT2D eigenvalue weighted by Gasteiger charge is -2.08. The zero-order valence-electron chi connectivity index (χ0n) is 8.52. The number of aromatic nitrogens is 2. The fourth-order valence-electron chi connectivity index (χ4n) is 1.30. The van der Waals surface area contributed by atoms with E-state index in [-0.39, 0.29) is 5.69 Å². The topological polar surface area (TPSA) is 63.8 Å². The fraction of sp³-hybridized carbons (Fsp3) is 0.0909. The standard InChI is InChI=1S/C11H11FN4/c12-9-4-1-5-10(11(9)13)14-7-8-3-2-6-15-16-8/h1-6,14H,7,13H2. The summed E-state index contributed by atoms with van der Waals surface area (Å²) >= 11 is 0. The first-order valence-corrected chi connectivity index (χ1v) is 4.82. The van der Waals surface area contributed by atoms with Crippen molar-refractivity contribution in [3.8, 4) is 0 Å². The minimum Gasteiger partial charge on any atom is -0.395 e. The molecule has 0 bridgehead atoms. The predicted molar refractivity (Wildman–Crippen MR) is 60.2 cm³/mol. The van der Waals surface area contributed by atoms with Crippen molar-refractivity contribution in [2.24, 2.45) is 0 Å². The number of nitrogen functional groups attached to an aromatic ring is 1. The number of rotatable bonds is 3. The van der Waals surface area contributed by atoms with Gasteiger partial charge in [-0.05, 0) is 24.3 Å². The number of para-hydroxylation sites is 1. The van der Waals surface area contributed by atoms with Gasteiger partial charge in [0.2, 0.25) is 0 Å². The Labute approximate surface area is 92.3 Å². The van der Waals surface area contributed by atoms with Gasteiger partial charge in [-0.3, -0.25) is 0 Å². The van der Waals surface area contributed by atoms with E-state index in [1.807, 2.05) is 6.07 Å². The average Bonchev–Trinajstić information content (AvgIpc) is 2.32. The summed E-state index contributed by atoms with van der Waals surface area (Å²) in [5, 5.41) is 10.6. The SMILES string of the molecule is Nc1c(F)cccc1NCc1cccnn1. The maximum Gasteiger partial charge on any atom is 0.148 e. The number of nitrogens with two attached hydrogens (primary N) is 1.